The van der Waals surface area contributed by atoms with E-state index in [2.05, 4.69) is 46.2 Å². The molecule has 5 heteroatoms. The van der Waals surface area contributed by atoms with Crippen LogP contribution in [0.4, 0.5) is 0 Å². The zero-order valence-corrected chi connectivity index (χ0v) is 13.2. The summed E-state index contributed by atoms with van der Waals surface area (Å²) >= 11 is 12.2. The van der Waals surface area contributed by atoms with Gasteiger partial charge < -0.3 is 0 Å². The highest BCUT2D eigenvalue weighted by Gasteiger charge is 2.45. The largest absolute Gasteiger partial charge is 0.292 e. The van der Waals surface area contributed by atoms with Crippen LogP contribution in [0.15, 0.2) is 24.3 Å². The molecule has 1 atom stereocenters. The maximum atomic E-state index is 6.25. The Hall–Kier alpha value is -1.16. The minimum atomic E-state index is 0.0185. The number of nitrogens with zero attached hydrogens (tertiary/aromatic N) is 3. The molecule has 0 radical (unpaired) electrons. The van der Waals surface area contributed by atoms with E-state index < -0.39 is 0 Å². The molecule has 2 aliphatic rings. The molecule has 0 N–H and O–H groups in total. The molecule has 21 heavy (non-hydrogen) atoms. The third-order valence-electron chi connectivity index (χ3n) is 4.93. The standard InChI is InChI=1S/C16H15Cl2N3/c1-21-9-11-13(19-15(18)20-14(11)17)8-16(21)7-6-10-4-2-3-5-12(10)16/h2-5H,6-9H2,1H3. The molecule has 0 amide bonds. The predicted molar refractivity (Wildman–Crippen MR) is 83.7 cm³/mol. The van der Waals surface area contributed by atoms with Crippen molar-refractivity contribution in [2.75, 3.05) is 7.05 Å². The van der Waals surface area contributed by atoms with E-state index in [1.54, 1.807) is 0 Å². The van der Waals surface area contributed by atoms with Gasteiger partial charge in [0.05, 0.1) is 11.2 Å². The first kappa shape index (κ1) is 13.5. The minimum absolute atomic E-state index is 0.0185. The van der Waals surface area contributed by atoms with E-state index in [1.807, 2.05) is 0 Å². The second-order valence-corrected chi connectivity index (χ2v) is 6.63. The predicted octanol–water partition coefficient (Wildman–Crippen LogP) is 3.61. The summed E-state index contributed by atoms with van der Waals surface area (Å²) in [5.74, 6) is 0. The van der Waals surface area contributed by atoms with E-state index in [1.165, 1.54) is 11.1 Å². The van der Waals surface area contributed by atoms with Gasteiger partial charge in [-0.25, -0.2) is 9.97 Å². The van der Waals surface area contributed by atoms with Crippen LogP contribution >= 0.6 is 23.2 Å². The fourth-order valence-electron chi connectivity index (χ4n) is 3.82. The number of benzene rings is 1. The second kappa shape index (κ2) is 4.67. The quantitative estimate of drug-likeness (QED) is 0.548. The summed E-state index contributed by atoms with van der Waals surface area (Å²) in [5, 5.41) is 0.725. The molecule has 0 fully saturated rings. The maximum Gasteiger partial charge on any atom is 0.224 e. The van der Waals surface area contributed by atoms with Crippen molar-refractivity contribution < 1.29 is 0 Å². The van der Waals surface area contributed by atoms with Crippen molar-refractivity contribution in [1.82, 2.24) is 14.9 Å². The van der Waals surface area contributed by atoms with Crippen molar-refractivity contribution in [2.45, 2.75) is 31.3 Å². The third-order valence-corrected chi connectivity index (χ3v) is 5.41. The Bertz CT molecular complexity index is 731. The van der Waals surface area contributed by atoms with Gasteiger partial charge in [-0.2, -0.15) is 0 Å². The SMILES string of the molecule is CN1Cc2c(Cl)nc(Cl)nc2CC12CCc1ccccc12. The Morgan fingerprint density at radius 3 is 2.86 bits per heavy atom. The number of likely N-dealkylation sites (N-methyl/N-ethyl adjacent to an activating group) is 1. The average Bonchev–Trinajstić information content (AvgIpc) is 2.82. The first-order valence-electron chi connectivity index (χ1n) is 7.10. The van der Waals surface area contributed by atoms with E-state index in [-0.39, 0.29) is 10.8 Å². The lowest BCUT2D eigenvalue weighted by atomic mass is 9.81. The van der Waals surface area contributed by atoms with Crippen LogP contribution in [-0.2, 0) is 24.9 Å². The summed E-state index contributed by atoms with van der Waals surface area (Å²) in [6.45, 7) is 0.764. The number of fused-ring (bicyclic) bond motifs is 3. The van der Waals surface area contributed by atoms with Gasteiger partial charge in [0.1, 0.15) is 5.15 Å². The molecule has 108 valence electrons. The Balaban J connectivity index is 1.87. The summed E-state index contributed by atoms with van der Waals surface area (Å²) in [6.07, 6.45) is 3.07. The molecular weight excluding hydrogens is 305 g/mol. The van der Waals surface area contributed by atoms with Gasteiger partial charge >= 0.3 is 0 Å². The van der Waals surface area contributed by atoms with Crippen molar-refractivity contribution in [2.24, 2.45) is 0 Å². The van der Waals surface area contributed by atoms with Gasteiger partial charge in [-0.1, -0.05) is 35.9 Å². The van der Waals surface area contributed by atoms with E-state index in [9.17, 15) is 0 Å². The molecule has 1 unspecified atom stereocenters. The Kier molecular flexibility index (Phi) is 3.00. The summed E-state index contributed by atoms with van der Waals surface area (Å²) in [6, 6.07) is 8.71. The van der Waals surface area contributed by atoms with Crippen molar-refractivity contribution in [3.05, 3.63) is 57.1 Å². The summed E-state index contributed by atoms with van der Waals surface area (Å²) in [4.78, 5) is 10.9. The first-order chi connectivity index (χ1) is 10.1. The lowest BCUT2D eigenvalue weighted by molar-refractivity contribution is 0.0930. The Labute approximate surface area is 133 Å². The second-order valence-electron chi connectivity index (χ2n) is 5.93. The van der Waals surface area contributed by atoms with E-state index >= 15 is 0 Å². The topological polar surface area (TPSA) is 29.0 Å². The number of aryl methyl sites for hydroxylation is 1. The highest BCUT2D eigenvalue weighted by atomic mass is 35.5. The fourth-order valence-corrected chi connectivity index (χ4v) is 4.30. The van der Waals surface area contributed by atoms with E-state index in [4.69, 9.17) is 23.2 Å². The zero-order valence-electron chi connectivity index (χ0n) is 11.7. The normalized spacial score (nSPS) is 24.1. The van der Waals surface area contributed by atoms with Crippen LogP contribution in [0.1, 0.15) is 28.8 Å². The molecule has 0 saturated carbocycles. The molecule has 1 spiro atoms. The van der Waals surface area contributed by atoms with E-state index in [0.29, 0.717) is 5.15 Å². The molecule has 1 aliphatic heterocycles. The molecule has 2 heterocycles. The van der Waals surface area contributed by atoms with Crippen LogP contribution < -0.4 is 0 Å². The monoisotopic (exact) mass is 319 g/mol. The molecule has 0 bridgehead atoms. The van der Waals surface area contributed by atoms with Crippen molar-refractivity contribution >= 4 is 23.2 Å². The molecule has 3 nitrogen and oxygen atoms in total. The van der Waals surface area contributed by atoms with Crippen LogP contribution in [0.2, 0.25) is 10.4 Å². The fraction of sp³-hybridized carbons (Fsp3) is 0.375. The van der Waals surface area contributed by atoms with Crippen molar-refractivity contribution in [3.8, 4) is 0 Å². The highest BCUT2D eigenvalue weighted by molar-refractivity contribution is 6.32. The van der Waals surface area contributed by atoms with Gasteiger partial charge in [0, 0.05) is 18.5 Å². The number of hydrogen-bond donors (Lipinski definition) is 0. The number of halogens is 2. The van der Waals surface area contributed by atoms with Gasteiger partial charge in [0.2, 0.25) is 5.28 Å². The van der Waals surface area contributed by atoms with Crippen molar-refractivity contribution in [3.63, 3.8) is 0 Å². The summed E-state index contributed by atoms with van der Waals surface area (Å²) in [7, 11) is 2.16. The van der Waals surface area contributed by atoms with Crippen LogP contribution in [0.3, 0.4) is 0 Å². The first-order valence-corrected chi connectivity index (χ1v) is 7.86. The summed E-state index contributed by atoms with van der Waals surface area (Å²) in [5.41, 5.74) is 4.89. The van der Waals surface area contributed by atoms with Gasteiger partial charge in [0.25, 0.3) is 0 Å². The lowest BCUT2D eigenvalue weighted by Gasteiger charge is -2.44. The molecule has 2 aromatic rings. The van der Waals surface area contributed by atoms with Gasteiger partial charge in [-0.05, 0) is 42.6 Å². The van der Waals surface area contributed by atoms with Crippen LogP contribution in [0.25, 0.3) is 0 Å². The zero-order chi connectivity index (χ0) is 14.6. The Morgan fingerprint density at radius 2 is 2.00 bits per heavy atom. The van der Waals surface area contributed by atoms with E-state index in [0.717, 1.165) is 37.1 Å². The molecule has 0 saturated heterocycles. The average molecular weight is 320 g/mol. The number of aromatic nitrogens is 2. The molecular formula is C16H15Cl2N3. The third kappa shape index (κ3) is 1.91. The van der Waals surface area contributed by atoms with Crippen LogP contribution in [0.5, 0.6) is 0 Å². The maximum absolute atomic E-state index is 6.25. The molecule has 4 rings (SSSR count). The van der Waals surface area contributed by atoms with Crippen LogP contribution in [0, 0.1) is 0 Å². The van der Waals surface area contributed by atoms with Crippen LogP contribution in [-0.4, -0.2) is 21.9 Å². The van der Waals surface area contributed by atoms with Gasteiger partial charge in [-0.15, -0.1) is 0 Å². The number of rotatable bonds is 0. The number of hydrogen-bond acceptors (Lipinski definition) is 3. The van der Waals surface area contributed by atoms with Crippen molar-refractivity contribution in [1.29, 1.82) is 0 Å². The molecule has 1 aliphatic carbocycles. The minimum Gasteiger partial charge on any atom is -0.292 e. The lowest BCUT2D eigenvalue weighted by Crippen LogP contribution is -2.47. The summed E-state index contributed by atoms with van der Waals surface area (Å²) < 4.78 is 0. The molecule has 1 aromatic carbocycles. The highest BCUT2D eigenvalue weighted by Crippen LogP contribution is 2.47. The smallest absolute Gasteiger partial charge is 0.224 e. The van der Waals surface area contributed by atoms with Gasteiger partial charge in [0.15, 0.2) is 0 Å². The Morgan fingerprint density at radius 1 is 1.19 bits per heavy atom. The van der Waals surface area contributed by atoms with Gasteiger partial charge in [-0.3, -0.25) is 4.90 Å². The molecule has 1 aromatic heterocycles.